The molecule has 1 aromatic carbocycles. The number of aromatic nitrogens is 5. The summed E-state index contributed by atoms with van der Waals surface area (Å²) in [6.45, 7) is 5.65. The van der Waals surface area contributed by atoms with Crippen molar-refractivity contribution < 1.29 is 8.78 Å². The van der Waals surface area contributed by atoms with Crippen molar-refractivity contribution in [2.45, 2.75) is 32.7 Å². The Morgan fingerprint density at radius 3 is 2.56 bits per heavy atom. The summed E-state index contributed by atoms with van der Waals surface area (Å²) < 4.78 is 28.9. The smallest absolute Gasteiger partial charge is 0.243 e. The molecule has 1 aliphatic heterocycles. The van der Waals surface area contributed by atoms with E-state index in [9.17, 15) is 8.78 Å². The van der Waals surface area contributed by atoms with E-state index in [1.54, 1.807) is 16.9 Å². The lowest BCUT2D eigenvalue weighted by Gasteiger charge is -2.32. The summed E-state index contributed by atoms with van der Waals surface area (Å²) in [5, 5.41) is 8.01. The Bertz CT molecular complexity index is 1280. The van der Waals surface area contributed by atoms with Gasteiger partial charge in [0.25, 0.3) is 0 Å². The molecular formula is C23H23F2N7. The summed E-state index contributed by atoms with van der Waals surface area (Å²) in [6.07, 6.45) is 5.32. The van der Waals surface area contributed by atoms with Gasteiger partial charge >= 0.3 is 0 Å². The Morgan fingerprint density at radius 1 is 1.00 bits per heavy atom. The first-order valence-corrected chi connectivity index (χ1v) is 10.6. The van der Waals surface area contributed by atoms with Crippen molar-refractivity contribution in [1.29, 1.82) is 0 Å². The molecule has 3 aromatic heterocycles. The number of anilines is 2. The molecule has 4 aromatic rings. The Labute approximate surface area is 184 Å². The molecule has 4 heterocycles. The molecule has 0 atom stereocenters. The van der Waals surface area contributed by atoms with E-state index in [1.165, 1.54) is 6.07 Å². The highest BCUT2D eigenvalue weighted by molar-refractivity contribution is 5.78. The number of fused-ring (bicyclic) bond motifs is 1. The summed E-state index contributed by atoms with van der Waals surface area (Å²) >= 11 is 0. The lowest BCUT2D eigenvalue weighted by molar-refractivity contribution is 0.509. The van der Waals surface area contributed by atoms with Crippen LogP contribution < -0.4 is 10.2 Å². The van der Waals surface area contributed by atoms with Crippen LogP contribution in [0.3, 0.4) is 0 Å². The van der Waals surface area contributed by atoms with Crippen molar-refractivity contribution in [2.24, 2.45) is 0 Å². The van der Waals surface area contributed by atoms with Crippen LogP contribution in [0.15, 0.2) is 42.9 Å². The van der Waals surface area contributed by atoms with E-state index in [0.29, 0.717) is 22.7 Å². The molecule has 5 rings (SSSR count). The maximum absolute atomic E-state index is 13.8. The quantitative estimate of drug-likeness (QED) is 0.519. The van der Waals surface area contributed by atoms with Gasteiger partial charge in [-0.05, 0) is 56.0 Å². The zero-order valence-corrected chi connectivity index (χ0v) is 17.9. The molecule has 0 aliphatic carbocycles. The topological polar surface area (TPSA) is 71.2 Å². The number of nitrogens with one attached hydrogen (secondary N) is 1. The van der Waals surface area contributed by atoms with E-state index in [0.717, 1.165) is 49.1 Å². The van der Waals surface area contributed by atoms with Crippen LogP contribution in [0.4, 0.5) is 20.5 Å². The first-order valence-electron chi connectivity index (χ1n) is 10.6. The molecule has 0 saturated carbocycles. The van der Waals surface area contributed by atoms with Crippen LogP contribution in [0.25, 0.3) is 16.8 Å². The molecule has 7 nitrogen and oxygen atoms in total. The second-order valence-corrected chi connectivity index (χ2v) is 8.19. The molecule has 1 aliphatic rings. The van der Waals surface area contributed by atoms with Crippen LogP contribution in [0.5, 0.6) is 0 Å². The Kier molecular flexibility index (Phi) is 5.16. The number of aryl methyl sites for hydroxylation is 2. The molecule has 9 heteroatoms. The normalized spacial score (nSPS) is 14.8. The van der Waals surface area contributed by atoms with Crippen molar-refractivity contribution in [3.63, 3.8) is 0 Å². The monoisotopic (exact) mass is 435 g/mol. The Hall–Kier alpha value is -3.62. The van der Waals surface area contributed by atoms with Gasteiger partial charge in [-0.3, -0.25) is 0 Å². The van der Waals surface area contributed by atoms with Gasteiger partial charge in [-0.2, -0.15) is 4.98 Å². The van der Waals surface area contributed by atoms with E-state index in [2.05, 4.69) is 30.3 Å². The zero-order valence-electron chi connectivity index (χ0n) is 17.9. The lowest BCUT2D eigenvalue weighted by Crippen LogP contribution is -2.39. The van der Waals surface area contributed by atoms with Crippen molar-refractivity contribution in [2.75, 3.05) is 23.3 Å². The maximum Gasteiger partial charge on any atom is 0.243 e. The Morgan fingerprint density at radius 2 is 1.81 bits per heavy atom. The number of pyridine rings is 1. The summed E-state index contributed by atoms with van der Waals surface area (Å²) in [7, 11) is 0. The van der Waals surface area contributed by atoms with Crippen LogP contribution in [0, 0.1) is 25.5 Å². The average molecular weight is 435 g/mol. The SMILES string of the molecule is Cc1cc(-c2ccc(F)c(F)c2)c2nc(NC3CCN(c4cc(C)ncn4)CC3)nn2c1. The van der Waals surface area contributed by atoms with Crippen LogP contribution in [-0.4, -0.2) is 43.7 Å². The van der Waals surface area contributed by atoms with Gasteiger partial charge in [0.05, 0.1) is 0 Å². The fourth-order valence-corrected chi connectivity index (χ4v) is 4.11. The first-order chi connectivity index (χ1) is 15.5. The van der Waals surface area contributed by atoms with Gasteiger partial charge in [0.15, 0.2) is 17.3 Å². The lowest BCUT2D eigenvalue weighted by atomic mass is 10.1. The molecule has 164 valence electrons. The van der Waals surface area contributed by atoms with Gasteiger partial charge in [0.2, 0.25) is 5.95 Å². The van der Waals surface area contributed by atoms with Gasteiger partial charge in [-0.25, -0.2) is 23.3 Å². The van der Waals surface area contributed by atoms with Gasteiger partial charge in [0, 0.05) is 42.7 Å². The number of piperidine rings is 1. The third-order valence-electron chi connectivity index (χ3n) is 5.74. The largest absolute Gasteiger partial charge is 0.356 e. The fraction of sp³-hybridized carbons (Fsp3) is 0.304. The number of benzene rings is 1. The minimum absolute atomic E-state index is 0.236. The highest BCUT2D eigenvalue weighted by Crippen LogP contribution is 2.28. The standard InChI is InChI=1S/C23H23F2N7/c1-14-9-18(16-3-4-19(24)20(25)11-16)22-29-23(30-32(22)12-14)28-17-5-7-31(8-6-17)21-10-15(2)26-13-27-21/h3-4,9-13,17H,5-8H2,1-2H3,(H,28,30). The Balaban J connectivity index is 1.35. The van der Waals surface area contributed by atoms with E-state index in [4.69, 9.17) is 0 Å². The van der Waals surface area contributed by atoms with Crippen LogP contribution in [0.1, 0.15) is 24.1 Å². The number of halogens is 2. The molecule has 1 saturated heterocycles. The molecule has 0 radical (unpaired) electrons. The highest BCUT2D eigenvalue weighted by Gasteiger charge is 2.22. The molecular weight excluding hydrogens is 412 g/mol. The van der Waals surface area contributed by atoms with Gasteiger partial charge in [-0.1, -0.05) is 6.07 Å². The number of rotatable bonds is 4. The number of nitrogens with zero attached hydrogens (tertiary/aromatic N) is 6. The van der Waals surface area contributed by atoms with Crippen molar-refractivity contribution in [1.82, 2.24) is 24.6 Å². The second-order valence-electron chi connectivity index (χ2n) is 8.19. The fourth-order valence-electron chi connectivity index (χ4n) is 4.11. The first kappa shape index (κ1) is 20.3. The van der Waals surface area contributed by atoms with Gasteiger partial charge < -0.3 is 10.2 Å². The third-order valence-corrected chi connectivity index (χ3v) is 5.74. The third kappa shape index (κ3) is 3.98. The van der Waals surface area contributed by atoms with Crippen molar-refractivity contribution in [3.8, 4) is 11.1 Å². The van der Waals surface area contributed by atoms with Gasteiger partial charge in [-0.15, -0.1) is 5.10 Å². The predicted octanol–water partition coefficient (Wildman–Crippen LogP) is 4.16. The minimum Gasteiger partial charge on any atom is -0.356 e. The van der Waals surface area contributed by atoms with E-state index in [-0.39, 0.29) is 6.04 Å². The van der Waals surface area contributed by atoms with Crippen molar-refractivity contribution >= 4 is 17.4 Å². The summed E-state index contributed by atoms with van der Waals surface area (Å²) in [4.78, 5) is 15.5. The second kappa shape index (κ2) is 8.14. The van der Waals surface area contributed by atoms with E-state index >= 15 is 0 Å². The van der Waals surface area contributed by atoms with Crippen molar-refractivity contribution in [3.05, 3.63) is 65.7 Å². The summed E-state index contributed by atoms with van der Waals surface area (Å²) in [5.41, 5.74) is 3.76. The van der Waals surface area contributed by atoms with Crippen LogP contribution in [-0.2, 0) is 0 Å². The highest BCUT2D eigenvalue weighted by atomic mass is 19.2. The van der Waals surface area contributed by atoms with Crippen LogP contribution in [0.2, 0.25) is 0 Å². The maximum atomic E-state index is 13.8. The molecule has 0 bridgehead atoms. The minimum atomic E-state index is -0.884. The molecule has 32 heavy (non-hydrogen) atoms. The predicted molar refractivity (Wildman–Crippen MR) is 119 cm³/mol. The summed E-state index contributed by atoms with van der Waals surface area (Å²) in [6, 6.07) is 8.02. The van der Waals surface area contributed by atoms with Gasteiger partial charge in [0.1, 0.15) is 12.1 Å². The molecule has 0 unspecified atom stereocenters. The number of hydrogen-bond donors (Lipinski definition) is 1. The average Bonchev–Trinajstić information content (AvgIpc) is 3.17. The molecule has 0 spiro atoms. The zero-order chi connectivity index (χ0) is 22.2. The molecule has 1 fully saturated rings. The van der Waals surface area contributed by atoms with E-state index < -0.39 is 11.6 Å². The summed E-state index contributed by atoms with van der Waals surface area (Å²) in [5.74, 6) is -0.278. The van der Waals surface area contributed by atoms with Crippen LogP contribution >= 0.6 is 0 Å². The number of hydrogen-bond acceptors (Lipinski definition) is 6. The van der Waals surface area contributed by atoms with E-state index in [1.807, 2.05) is 32.2 Å². The molecule has 1 N–H and O–H groups in total. The molecule has 0 amide bonds.